The largest absolute Gasteiger partial charge is 0.460 e. The van der Waals surface area contributed by atoms with Gasteiger partial charge in [-0.15, -0.1) is 6.58 Å². The lowest BCUT2D eigenvalue weighted by molar-refractivity contribution is -0.160. The van der Waals surface area contributed by atoms with Gasteiger partial charge in [-0.25, -0.2) is 0 Å². The molecule has 1 saturated carbocycles. The first-order valence-corrected chi connectivity index (χ1v) is 7.34. The third kappa shape index (κ3) is 5.35. The molecule has 0 aromatic heterocycles. The zero-order valence-corrected chi connectivity index (χ0v) is 12.8. The molecule has 0 heterocycles. The maximum absolute atomic E-state index is 12.1. The summed E-state index contributed by atoms with van der Waals surface area (Å²) in [6.07, 6.45) is 5.80. The molecule has 1 fully saturated rings. The first-order chi connectivity index (χ1) is 8.87. The molecule has 1 rings (SSSR count). The molecular weight excluding hydrogens is 240 g/mol. The van der Waals surface area contributed by atoms with Crippen molar-refractivity contribution in [3.63, 3.8) is 0 Å². The van der Waals surface area contributed by atoms with Gasteiger partial charge in [-0.3, -0.25) is 4.79 Å². The van der Waals surface area contributed by atoms with Gasteiger partial charge in [0, 0.05) is 12.5 Å². The fourth-order valence-corrected chi connectivity index (χ4v) is 2.43. The summed E-state index contributed by atoms with van der Waals surface area (Å²) in [6, 6.07) is 0. The molecule has 1 aliphatic rings. The molecule has 0 spiro atoms. The predicted molar refractivity (Wildman–Crippen MR) is 76.9 cm³/mol. The van der Waals surface area contributed by atoms with Gasteiger partial charge in [0.1, 0.15) is 5.60 Å². The molecule has 0 radical (unpaired) electrons. The van der Waals surface area contributed by atoms with Gasteiger partial charge in [0.05, 0.1) is 12.0 Å². The molecule has 0 N–H and O–H groups in total. The van der Waals surface area contributed by atoms with E-state index in [1.165, 1.54) is 0 Å². The van der Waals surface area contributed by atoms with Crippen molar-refractivity contribution in [3.05, 3.63) is 12.7 Å². The number of hydrogen-bond acceptors (Lipinski definition) is 3. The minimum absolute atomic E-state index is 0.0474. The third-order valence-electron chi connectivity index (χ3n) is 3.42. The first kappa shape index (κ1) is 16.2. The Hall–Kier alpha value is -0.830. The van der Waals surface area contributed by atoms with Crippen LogP contribution in [0.2, 0.25) is 0 Å². The van der Waals surface area contributed by atoms with Gasteiger partial charge in [0.15, 0.2) is 0 Å². The van der Waals surface area contributed by atoms with Crippen LogP contribution in [0.5, 0.6) is 0 Å². The third-order valence-corrected chi connectivity index (χ3v) is 3.42. The van der Waals surface area contributed by atoms with Crippen LogP contribution in [0.1, 0.15) is 53.4 Å². The second-order valence-corrected chi connectivity index (χ2v) is 6.36. The highest BCUT2D eigenvalue weighted by Crippen LogP contribution is 2.35. The number of carbonyl (C=O) groups excluding carboxylic acids is 1. The molecular formula is C16H28O3. The van der Waals surface area contributed by atoms with E-state index in [1.807, 2.05) is 26.8 Å². The van der Waals surface area contributed by atoms with Crippen LogP contribution in [0.4, 0.5) is 0 Å². The standard InChI is InChI=1S/C16H28O3/c1-6-8-9-18-14-11-13(10-12(14)7-2)15(17)19-16(3,4)5/h7,12-14H,2,6,8-11H2,1,3-5H3/t12-,13-,14-/m0/s1. The van der Waals surface area contributed by atoms with Crippen molar-refractivity contribution < 1.29 is 14.3 Å². The maximum Gasteiger partial charge on any atom is 0.309 e. The molecule has 0 aromatic rings. The van der Waals surface area contributed by atoms with Gasteiger partial charge >= 0.3 is 5.97 Å². The van der Waals surface area contributed by atoms with E-state index in [4.69, 9.17) is 9.47 Å². The molecule has 0 aliphatic heterocycles. The molecule has 19 heavy (non-hydrogen) atoms. The molecule has 0 bridgehead atoms. The summed E-state index contributed by atoms with van der Waals surface area (Å²) < 4.78 is 11.3. The van der Waals surface area contributed by atoms with Gasteiger partial charge in [0.2, 0.25) is 0 Å². The van der Waals surface area contributed by atoms with E-state index in [1.54, 1.807) is 0 Å². The zero-order valence-electron chi connectivity index (χ0n) is 12.8. The molecule has 0 saturated heterocycles. The van der Waals surface area contributed by atoms with Gasteiger partial charge in [0.25, 0.3) is 0 Å². The van der Waals surface area contributed by atoms with Crippen molar-refractivity contribution in [2.75, 3.05) is 6.61 Å². The highest BCUT2D eigenvalue weighted by molar-refractivity contribution is 5.73. The van der Waals surface area contributed by atoms with Crippen molar-refractivity contribution in [3.8, 4) is 0 Å². The summed E-state index contributed by atoms with van der Waals surface area (Å²) >= 11 is 0. The van der Waals surface area contributed by atoms with Crippen molar-refractivity contribution in [2.45, 2.75) is 65.1 Å². The van der Waals surface area contributed by atoms with Crippen LogP contribution < -0.4 is 0 Å². The van der Waals surface area contributed by atoms with Crippen molar-refractivity contribution in [1.29, 1.82) is 0 Å². The SMILES string of the molecule is C=C[C@H]1C[C@H](C(=O)OC(C)(C)C)C[C@@H]1OCCCC. The van der Waals surface area contributed by atoms with E-state index in [0.717, 1.165) is 32.3 Å². The van der Waals surface area contributed by atoms with Crippen molar-refractivity contribution in [2.24, 2.45) is 11.8 Å². The minimum Gasteiger partial charge on any atom is -0.460 e. The summed E-state index contributed by atoms with van der Waals surface area (Å²) in [7, 11) is 0. The monoisotopic (exact) mass is 268 g/mol. The lowest BCUT2D eigenvalue weighted by atomic mass is 10.0. The van der Waals surface area contributed by atoms with Crippen LogP contribution in [0.25, 0.3) is 0 Å². The van der Waals surface area contributed by atoms with Crippen molar-refractivity contribution in [1.82, 2.24) is 0 Å². The van der Waals surface area contributed by atoms with E-state index in [9.17, 15) is 4.79 Å². The Labute approximate surface area is 117 Å². The molecule has 110 valence electrons. The highest BCUT2D eigenvalue weighted by atomic mass is 16.6. The minimum atomic E-state index is -0.415. The Bertz CT molecular complexity index is 304. The van der Waals surface area contributed by atoms with E-state index in [2.05, 4.69) is 13.5 Å². The van der Waals surface area contributed by atoms with Crippen LogP contribution in [-0.4, -0.2) is 24.3 Å². The highest BCUT2D eigenvalue weighted by Gasteiger charge is 2.38. The van der Waals surface area contributed by atoms with Gasteiger partial charge in [-0.1, -0.05) is 19.4 Å². The Morgan fingerprint density at radius 1 is 1.37 bits per heavy atom. The van der Waals surface area contributed by atoms with E-state index in [0.29, 0.717) is 0 Å². The Kier molecular flexibility index (Phi) is 6.05. The topological polar surface area (TPSA) is 35.5 Å². The second-order valence-electron chi connectivity index (χ2n) is 6.36. The first-order valence-electron chi connectivity index (χ1n) is 7.34. The smallest absolute Gasteiger partial charge is 0.309 e. The quantitative estimate of drug-likeness (QED) is 0.418. The summed E-state index contributed by atoms with van der Waals surface area (Å²) in [6.45, 7) is 12.5. The van der Waals surface area contributed by atoms with E-state index >= 15 is 0 Å². The number of hydrogen-bond donors (Lipinski definition) is 0. The molecule has 3 atom stereocenters. The molecule has 3 nitrogen and oxygen atoms in total. The molecule has 0 aromatic carbocycles. The number of carbonyl (C=O) groups is 1. The van der Waals surface area contributed by atoms with Crippen LogP contribution in [-0.2, 0) is 14.3 Å². The normalized spacial score (nSPS) is 27.3. The molecule has 3 heteroatoms. The Morgan fingerprint density at radius 3 is 2.58 bits per heavy atom. The lowest BCUT2D eigenvalue weighted by Crippen LogP contribution is -2.28. The van der Waals surface area contributed by atoms with Crippen molar-refractivity contribution >= 4 is 5.97 Å². The van der Waals surface area contributed by atoms with Crippen LogP contribution in [0.15, 0.2) is 12.7 Å². The molecule has 0 amide bonds. The molecule has 0 unspecified atom stereocenters. The number of esters is 1. The zero-order chi connectivity index (χ0) is 14.5. The fraction of sp³-hybridized carbons (Fsp3) is 0.812. The fourth-order valence-electron chi connectivity index (χ4n) is 2.43. The average Bonchev–Trinajstić information content (AvgIpc) is 2.70. The lowest BCUT2D eigenvalue weighted by Gasteiger charge is -2.22. The average molecular weight is 268 g/mol. The Morgan fingerprint density at radius 2 is 2.05 bits per heavy atom. The Balaban J connectivity index is 2.51. The van der Waals surface area contributed by atoms with Gasteiger partial charge in [-0.2, -0.15) is 0 Å². The summed E-state index contributed by atoms with van der Waals surface area (Å²) in [5.74, 6) is 0.129. The predicted octanol–water partition coefficient (Wildman–Crippen LogP) is 3.73. The summed E-state index contributed by atoms with van der Waals surface area (Å²) in [5, 5.41) is 0. The van der Waals surface area contributed by atoms with E-state index < -0.39 is 5.60 Å². The molecule has 1 aliphatic carbocycles. The van der Waals surface area contributed by atoms with Gasteiger partial charge < -0.3 is 9.47 Å². The van der Waals surface area contributed by atoms with Crippen LogP contribution >= 0.6 is 0 Å². The number of unbranched alkanes of at least 4 members (excludes halogenated alkanes) is 1. The van der Waals surface area contributed by atoms with Crippen LogP contribution in [0.3, 0.4) is 0 Å². The number of ether oxygens (including phenoxy) is 2. The van der Waals surface area contributed by atoms with E-state index in [-0.39, 0.29) is 23.9 Å². The summed E-state index contributed by atoms with van der Waals surface area (Å²) in [4.78, 5) is 12.1. The van der Waals surface area contributed by atoms with Crippen LogP contribution in [0, 0.1) is 11.8 Å². The number of rotatable bonds is 6. The second kappa shape index (κ2) is 7.09. The summed E-state index contributed by atoms with van der Waals surface area (Å²) in [5.41, 5.74) is -0.415. The van der Waals surface area contributed by atoms with Gasteiger partial charge in [-0.05, 0) is 40.0 Å². The maximum atomic E-state index is 12.1.